The van der Waals surface area contributed by atoms with Crippen molar-refractivity contribution in [1.29, 1.82) is 0 Å². The summed E-state index contributed by atoms with van der Waals surface area (Å²) in [5, 5.41) is 0.187. The van der Waals surface area contributed by atoms with Crippen molar-refractivity contribution in [1.82, 2.24) is 0 Å². The fourth-order valence-corrected chi connectivity index (χ4v) is 0.755. The van der Waals surface area contributed by atoms with Gasteiger partial charge in [0.25, 0.3) is 0 Å². The molecule has 0 unspecified atom stereocenters. The van der Waals surface area contributed by atoms with Gasteiger partial charge >= 0.3 is 0 Å². The molecule has 0 spiro atoms. The highest BCUT2D eigenvalue weighted by molar-refractivity contribution is 7.81. The predicted octanol–water partition coefficient (Wildman–Crippen LogP) is 2.96. The highest BCUT2D eigenvalue weighted by Crippen LogP contribution is 2.12. The Hall–Kier alpha value is -0.570. The highest BCUT2D eigenvalue weighted by Gasteiger charge is 2.04. The Labute approximate surface area is 86.3 Å². The predicted molar refractivity (Wildman–Crippen MR) is 64.0 cm³/mol. The van der Waals surface area contributed by atoms with Crippen molar-refractivity contribution in [3.63, 3.8) is 0 Å². The van der Waals surface area contributed by atoms with Gasteiger partial charge in [-0.3, -0.25) is 9.98 Å². The maximum atomic E-state index is 4.43. The van der Waals surface area contributed by atoms with Gasteiger partial charge in [-0.05, 0) is 26.5 Å². The van der Waals surface area contributed by atoms with Gasteiger partial charge in [0.05, 0.1) is 5.70 Å². The molecule has 0 rings (SSSR count). The number of nitrogens with zero attached hydrogens (tertiary/aromatic N) is 2. The van der Waals surface area contributed by atoms with Crippen LogP contribution in [0.1, 0.15) is 27.7 Å². The smallest absolute Gasteiger partial charge is 0.0610 e. The van der Waals surface area contributed by atoms with Gasteiger partial charge in [-0.25, -0.2) is 0 Å². The van der Waals surface area contributed by atoms with Crippen molar-refractivity contribution >= 4 is 25.1 Å². The van der Waals surface area contributed by atoms with E-state index >= 15 is 0 Å². The van der Waals surface area contributed by atoms with Crippen molar-refractivity contribution in [3.05, 3.63) is 11.9 Å². The second-order valence-electron chi connectivity index (χ2n) is 3.32. The summed E-state index contributed by atoms with van der Waals surface area (Å²) in [6, 6.07) is 0. The van der Waals surface area contributed by atoms with Crippen LogP contribution in [0.4, 0.5) is 0 Å². The van der Waals surface area contributed by atoms with Gasteiger partial charge < -0.3 is 0 Å². The zero-order valence-corrected chi connectivity index (χ0v) is 9.68. The fourth-order valence-electron chi connectivity index (χ4n) is 0.698. The summed E-state index contributed by atoms with van der Waals surface area (Å²) in [7, 11) is 0. The van der Waals surface area contributed by atoms with Crippen LogP contribution in [-0.4, -0.2) is 17.7 Å². The third-order valence-electron chi connectivity index (χ3n) is 1.73. The van der Waals surface area contributed by atoms with Gasteiger partial charge in [-0.2, -0.15) is 12.6 Å². The summed E-state index contributed by atoms with van der Waals surface area (Å²) < 4.78 is 0. The second kappa shape index (κ2) is 5.97. The van der Waals surface area contributed by atoms with Gasteiger partial charge in [-0.1, -0.05) is 13.8 Å². The maximum absolute atomic E-state index is 4.43. The molecule has 0 aliphatic heterocycles. The van der Waals surface area contributed by atoms with Gasteiger partial charge in [0.15, 0.2) is 0 Å². The molecule has 13 heavy (non-hydrogen) atoms. The first-order valence-corrected chi connectivity index (χ1v) is 4.89. The number of hydrogen-bond donors (Lipinski definition) is 1. The lowest BCUT2D eigenvalue weighted by molar-refractivity contribution is 0.753. The van der Waals surface area contributed by atoms with Crippen molar-refractivity contribution in [2.24, 2.45) is 15.9 Å². The zero-order valence-electron chi connectivity index (χ0n) is 8.78. The van der Waals surface area contributed by atoms with Crippen molar-refractivity contribution in [2.45, 2.75) is 32.9 Å². The van der Waals surface area contributed by atoms with Crippen LogP contribution in [0.15, 0.2) is 21.9 Å². The minimum Gasteiger partial charge on any atom is -0.271 e. The highest BCUT2D eigenvalue weighted by atomic mass is 32.1. The van der Waals surface area contributed by atoms with E-state index in [0.29, 0.717) is 5.92 Å². The summed E-state index contributed by atoms with van der Waals surface area (Å²) in [5.41, 5.74) is 1.96. The molecule has 0 amide bonds. The van der Waals surface area contributed by atoms with Crippen LogP contribution in [-0.2, 0) is 0 Å². The van der Waals surface area contributed by atoms with Crippen molar-refractivity contribution < 1.29 is 0 Å². The number of allylic oxidation sites excluding steroid dienone is 1. The third-order valence-corrected chi connectivity index (χ3v) is 2.10. The van der Waals surface area contributed by atoms with Crippen LogP contribution in [0.2, 0.25) is 0 Å². The molecule has 0 heterocycles. The fraction of sp³-hybridized carbons (Fsp3) is 0.600. The van der Waals surface area contributed by atoms with Crippen LogP contribution < -0.4 is 0 Å². The Morgan fingerprint density at radius 1 is 1.38 bits per heavy atom. The number of rotatable bonds is 4. The minimum atomic E-state index is 0.187. The topological polar surface area (TPSA) is 24.7 Å². The Bertz CT molecular complexity index is 227. The number of thiol groups is 1. The molecule has 0 aliphatic carbocycles. The standard InChI is InChI=1S/C10H18N2S/c1-7(2)10(6-11-5)12-8(3)9(4)13/h6-7,9,13H,5H2,1-4H3/b10-6-,12-8+/t9-/m0/s1. The largest absolute Gasteiger partial charge is 0.271 e. The first kappa shape index (κ1) is 12.4. The monoisotopic (exact) mass is 198 g/mol. The number of aliphatic imine (C=N–C) groups is 2. The van der Waals surface area contributed by atoms with E-state index < -0.39 is 0 Å². The lowest BCUT2D eigenvalue weighted by atomic mass is 10.1. The van der Waals surface area contributed by atoms with E-state index in [1.165, 1.54) is 0 Å². The summed E-state index contributed by atoms with van der Waals surface area (Å²) in [6.07, 6.45) is 1.70. The molecule has 0 saturated heterocycles. The summed E-state index contributed by atoms with van der Waals surface area (Å²) >= 11 is 4.30. The molecule has 1 atom stereocenters. The Morgan fingerprint density at radius 3 is 2.23 bits per heavy atom. The molecule has 0 aromatic rings. The maximum Gasteiger partial charge on any atom is 0.0610 e. The molecular weight excluding hydrogens is 180 g/mol. The first-order chi connectivity index (χ1) is 5.99. The molecule has 0 aliphatic rings. The molecule has 0 N–H and O–H groups in total. The normalized spacial score (nSPS) is 16.2. The van der Waals surface area contributed by atoms with E-state index in [4.69, 9.17) is 0 Å². The van der Waals surface area contributed by atoms with Crippen molar-refractivity contribution in [2.75, 3.05) is 0 Å². The SMILES string of the molecule is C=N/C=C(\N=C(/C)[C@H](C)S)C(C)C. The molecule has 2 nitrogen and oxygen atoms in total. The summed E-state index contributed by atoms with van der Waals surface area (Å²) in [4.78, 5) is 8.16. The van der Waals surface area contributed by atoms with Crippen LogP contribution in [0, 0.1) is 5.92 Å². The number of hydrogen-bond acceptors (Lipinski definition) is 3. The molecule has 0 radical (unpaired) electrons. The zero-order chi connectivity index (χ0) is 10.4. The van der Waals surface area contributed by atoms with E-state index in [1.54, 1.807) is 6.20 Å². The van der Waals surface area contributed by atoms with Gasteiger partial charge in [0.2, 0.25) is 0 Å². The van der Waals surface area contributed by atoms with E-state index in [9.17, 15) is 0 Å². The van der Waals surface area contributed by atoms with Crippen LogP contribution in [0.5, 0.6) is 0 Å². The quantitative estimate of drug-likeness (QED) is 0.530. The lowest BCUT2D eigenvalue weighted by Crippen LogP contribution is -2.07. The van der Waals surface area contributed by atoms with E-state index in [1.807, 2.05) is 13.8 Å². The summed E-state index contributed by atoms with van der Waals surface area (Å²) in [6.45, 7) is 11.6. The van der Waals surface area contributed by atoms with Crippen molar-refractivity contribution in [3.8, 4) is 0 Å². The minimum absolute atomic E-state index is 0.187. The molecule has 0 bridgehead atoms. The van der Waals surface area contributed by atoms with E-state index in [2.05, 4.69) is 43.2 Å². The first-order valence-electron chi connectivity index (χ1n) is 4.38. The molecule has 74 valence electrons. The van der Waals surface area contributed by atoms with E-state index in [0.717, 1.165) is 11.4 Å². The van der Waals surface area contributed by atoms with Gasteiger partial charge in [-0.15, -0.1) is 0 Å². The molecular formula is C10H18N2S. The van der Waals surface area contributed by atoms with Gasteiger partial charge in [0.1, 0.15) is 0 Å². The molecule has 3 heteroatoms. The molecule has 0 aromatic carbocycles. The molecule has 0 fully saturated rings. The van der Waals surface area contributed by atoms with Crippen LogP contribution >= 0.6 is 12.6 Å². The molecule has 0 aromatic heterocycles. The Balaban J connectivity index is 4.70. The molecule has 0 saturated carbocycles. The Morgan fingerprint density at radius 2 is 1.92 bits per heavy atom. The van der Waals surface area contributed by atoms with Crippen LogP contribution in [0.25, 0.3) is 0 Å². The Kier molecular flexibility index (Phi) is 5.71. The van der Waals surface area contributed by atoms with Gasteiger partial charge in [0, 0.05) is 17.2 Å². The van der Waals surface area contributed by atoms with Crippen LogP contribution in [0.3, 0.4) is 0 Å². The average molecular weight is 198 g/mol. The lowest BCUT2D eigenvalue weighted by Gasteiger charge is -2.08. The third kappa shape index (κ3) is 4.88. The summed E-state index contributed by atoms with van der Waals surface area (Å²) in [5.74, 6) is 0.368. The second-order valence-corrected chi connectivity index (χ2v) is 4.09. The van der Waals surface area contributed by atoms with E-state index in [-0.39, 0.29) is 5.25 Å². The average Bonchev–Trinajstić information content (AvgIpc) is 2.03.